The van der Waals surface area contributed by atoms with Gasteiger partial charge in [0.2, 0.25) is 0 Å². The van der Waals surface area contributed by atoms with Crippen molar-refractivity contribution < 1.29 is 18.7 Å². The summed E-state index contributed by atoms with van der Waals surface area (Å²) in [6.07, 6.45) is 1.31. The molecule has 0 unspecified atom stereocenters. The van der Waals surface area contributed by atoms with Crippen LogP contribution in [0.25, 0.3) is 6.08 Å². The Balaban J connectivity index is 1.68. The normalized spacial score (nSPS) is 15.8. The number of amides is 2. The van der Waals surface area contributed by atoms with Crippen molar-refractivity contribution in [1.82, 2.24) is 4.90 Å². The Bertz CT molecular complexity index is 880. The van der Waals surface area contributed by atoms with Gasteiger partial charge in [0.15, 0.2) is 0 Å². The van der Waals surface area contributed by atoms with E-state index in [1.54, 1.807) is 6.07 Å². The van der Waals surface area contributed by atoms with Gasteiger partial charge in [0.25, 0.3) is 11.1 Å². The van der Waals surface area contributed by atoms with Crippen LogP contribution in [0.2, 0.25) is 5.02 Å². The number of aryl methyl sites for hydroxylation is 1. The number of hydrogen-bond acceptors (Lipinski definition) is 4. The van der Waals surface area contributed by atoms with Crippen LogP contribution < -0.4 is 4.74 Å². The van der Waals surface area contributed by atoms with Crippen LogP contribution in [0.5, 0.6) is 5.75 Å². The van der Waals surface area contributed by atoms with Crippen molar-refractivity contribution in [2.75, 3.05) is 13.2 Å². The Labute approximate surface area is 159 Å². The van der Waals surface area contributed by atoms with Gasteiger partial charge in [-0.05, 0) is 54.6 Å². The van der Waals surface area contributed by atoms with Crippen LogP contribution in [0, 0.1) is 12.7 Å². The fraction of sp³-hybridized carbons (Fsp3) is 0.158. The number of halogens is 2. The van der Waals surface area contributed by atoms with Crippen LogP contribution in [0.15, 0.2) is 47.4 Å². The van der Waals surface area contributed by atoms with E-state index in [1.807, 2.05) is 25.1 Å². The molecule has 1 saturated heterocycles. The summed E-state index contributed by atoms with van der Waals surface area (Å²) in [5.41, 5.74) is 1.15. The fourth-order valence-corrected chi connectivity index (χ4v) is 3.50. The summed E-state index contributed by atoms with van der Waals surface area (Å²) in [4.78, 5) is 25.8. The molecule has 1 aliphatic rings. The van der Waals surface area contributed by atoms with Crippen molar-refractivity contribution in [2.45, 2.75) is 6.92 Å². The minimum Gasteiger partial charge on any atom is -0.492 e. The van der Waals surface area contributed by atoms with Gasteiger partial charge in [-0.2, -0.15) is 0 Å². The summed E-state index contributed by atoms with van der Waals surface area (Å²) in [5, 5.41) is -0.235. The molecule has 4 nitrogen and oxygen atoms in total. The number of imide groups is 1. The lowest BCUT2D eigenvalue weighted by Gasteiger charge is -2.13. The van der Waals surface area contributed by atoms with Crippen LogP contribution >= 0.6 is 23.4 Å². The Morgan fingerprint density at radius 3 is 2.73 bits per heavy atom. The van der Waals surface area contributed by atoms with Crippen molar-refractivity contribution in [3.8, 4) is 5.75 Å². The summed E-state index contributed by atoms with van der Waals surface area (Å²) in [7, 11) is 0. The highest BCUT2D eigenvalue weighted by Crippen LogP contribution is 2.34. The molecule has 0 atom stereocenters. The van der Waals surface area contributed by atoms with Gasteiger partial charge in [-0.25, -0.2) is 4.39 Å². The molecule has 0 aromatic heterocycles. The summed E-state index contributed by atoms with van der Waals surface area (Å²) < 4.78 is 19.5. The van der Waals surface area contributed by atoms with E-state index in [9.17, 15) is 14.0 Å². The molecule has 0 aliphatic carbocycles. The standard InChI is InChI=1S/C19H15ClFNO3S/c1-12-4-2-5-13(10-12)25-9-8-22-18(23)17(26-19(22)24)11-14-15(20)6-3-7-16(14)21/h2-7,10-11H,8-9H2,1H3/b17-11-. The number of nitrogens with zero attached hydrogens (tertiary/aromatic N) is 1. The van der Waals surface area contributed by atoms with E-state index in [0.717, 1.165) is 22.2 Å². The molecule has 0 radical (unpaired) electrons. The van der Waals surface area contributed by atoms with Gasteiger partial charge in [0, 0.05) is 5.56 Å². The van der Waals surface area contributed by atoms with Gasteiger partial charge in [-0.15, -0.1) is 0 Å². The molecule has 26 heavy (non-hydrogen) atoms. The quantitative estimate of drug-likeness (QED) is 0.680. The second-order valence-corrected chi connectivity index (χ2v) is 7.03. The Morgan fingerprint density at radius 1 is 1.23 bits per heavy atom. The summed E-state index contributed by atoms with van der Waals surface area (Å²) in [6.45, 7) is 2.23. The van der Waals surface area contributed by atoms with Gasteiger partial charge >= 0.3 is 0 Å². The molecule has 1 aliphatic heterocycles. The van der Waals surface area contributed by atoms with E-state index in [4.69, 9.17) is 16.3 Å². The molecule has 1 fully saturated rings. The topological polar surface area (TPSA) is 46.6 Å². The number of hydrogen-bond donors (Lipinski definition) is 0. The van der Waals surface area contributed by atoms with Crippen LogP contribution in [0.1, 0.15) is 11.1 Å². The molecule has 2 aromatic rings. The zero-order chi connectivity index (χ0) is 18.7. The highest BCUT2D eigenvalue weighted by molar-refractivity contribution is 8.18. The first-order chi connectivity index (χ1) is 12.5. The van der Waals surface area contributed by atoms with Crippen LogP contribution in [-0.4, -0.2) is 29.2 Å². The van der Waals surface area contributed by atoms with Gasteiger partial charge in [-0.3, -0.25) is 14.5 Å². The maximum atomic E-state index is 13.9. The second-order valence-electron chi connectivity index (χ2n) is 5.63. The maximum absolute atomic E-state index is 13.9. The minimum atomic E-state index is -0.549. The van der Waals surface area contributed by atoms with Gasteiger partial charge in [-0.1, -0.05) is 29.8 Å². The molecule has 1 heterocycles. The van der Waals surface area contributed by atoms with E-state index in [1.165, 1.54) is 24.3 Å². The van der Waals surface area contributed by atoms with Gasteiger partial charge in [0.05, 0.1) is 16.5 Å². The van der Waals surface area contributed by atoms with Crippen LogP contribution in [0.4, 0.5) is 9.18 Å². The van der Waals surface area contributed by atoms with Gasteiger partial charge < -0.3 is 4.74 Å². The number of carbonyl (C=O) groups is 2. The first-order valence-electron chi connectivity index (χ1n) is 7.84. The predicted octanol–water partition coefficient (Wildman–Crippen LogP) is 4.90. The molecule has 2 aromatic carbocycles. The summed E-state index contributed by atoms with van der Waals surface area (Å²) >= 11 is 6.73. The molecule has 7 heteroatoms. The van der Waals surface area contributed by atoms with Gasteiger partial charge in [0.1, 0.15) is 18.2 Å². The lowest BCUT2D eigenvalue weighted by atomic mass is 10.2. The SMILES string of the molecule is Cc1cccc(OCCN2C(=O)S/C(=C\c3c(F)cccc3Cl)C2=O)c1. The van der Waals surface area contributed by atoms with E-state index in [-0.39, 0.29) is 28.6 Å². The number of carbonyl (C=O) groups excluding carboxylic acids is 2. The first kappa shape index (κ1) is 18.5. The molecule has 0 saturated carbocycles. The highest BCUT2D eigenvalue weighted by atomic mass is 35.5. The van der Waals surface area contributed by atoms with Crippen molar-refractivity contribution in [1.29, 1.82) is 0 Å². The average molecular weight is 392 g/mol. The molecule has 2 amide bonds. The fourth-order valence-electron chi connectivity index (χ4n) is 2.43. The third-order valence-corrected chi connectivity index (χ3v) is 4.96. The maximum Gasteiger partial charge on any atom is 0.293 e. The second kappa shape index (κ2) is 7.93. The lowest BCUT2D eigenvalue weighted by molar-refractivity contribution is -0.123. The minimum absolute atomic E-state index is 0.0932. The largest absolute Gasteiger partial charge is 0.492 e. The van der Waals surface area contributed by atoms with E-state index >= 15 is 0 Å². The third kappa shape index (κ3) is 4.08. The molecule has 0 bridgehead atoms. The van der Waals surface area contributed by atoms with Crippen molar-refractivity contribution in [3.63, 3.8) is 0 Å². The lowest BCUT2D eigenvalue weighted by Crippen LogP contribution is -2.32. The summed E-state index contributed by atoms with van der Waals surface area (Å²) in [6, 6.07) is 11.7. The van der Waals surface area contributed by atoms with E-state index in [0.29, 0.717) is 5.75 Å². The summed E-state index contributed by atoms with van der Waals surface area (Å²) in [5.74, 6) is -0.357. The smallest absolute Gasteiger partial charge is 0.293 e. The molecular formula is C19H15ClFNO3S. The average Bonchev–Trinajstić information content (AvgIpc) is 2.86. The first-order valence-corrected chi connectivity index (χ1v) is 9.04. The molecule has 3 rings (SSSR count). The van der Waals surface area contributed by atoms with Crippen molar-refractivity contribution in [3.05, 3.63) is 69.3 Å². The molecule has 0 N–H and O–H groups in total. The van der Waals surface area contributed by atoms with Crippen molar-refractivity contribution in [2.24, 2.45) is 0 Å². The van der Waals surface area contributed by atoms with Crippen LogP contribution in [-0.2, 0) is 4.79 Å². The number of rotatable bonds is 5. The molecular weight excluding hydrogens is 377 g/mol. The Hall–Kier alpha value is -2.31. The Morgan fingerprint density at radius 2 is 2.00 bits per heavy atom. The highest BCUT2D eigenvalue weighted by Gasteiger charge is 2.35. The number of thioether (sulfide) groups is 1. The third-order valence-electron chi connectivity index (χ3n) is 3.72. The number of benzene rings is 2. The van der Waals surface area contributed by atoms with Crippen LogP contribution in [0.3, 0.4) is 0 Å². The molecule has 134 valence electrons. The zero-order valence-corrected chi connectivity index (χ0v) is 15.4. The van der Waals surface area contributed by atoms with E-state index < -0.39 is 17.0 Å². The van der Waals surface area contributed by atoms with E-state index in [2.05, 4.69) is 0 Å². The zero-order valence-electron chi connectivity index (χ0n) is 13.9. The predicted molar refractivity (Wildman–Crippen MR) is 101 cm³/mol. The molecule has 0 spiro atoms. The van der Waals surface area contributed by atoms with Crippen molar-refractivity contribution >= 4 is 40.6 Å². The Kier molecular flexibility index (Phi) is 5.64. The number of ether oxygens (including phenoxy) is 1. The monoisotopic (exact) mass is 391 g/mol.